The molecule has 0 radical (unpaired) electrons. The zero-order valence-electron chi connectivity index (χ0n) is 15.6. The molecule has 7 nitrogen and oxygen atoms in total. The Balaban J connectivity index is 1.45. The second-order valence-electron chi connectivity index (χ2n) is 6.36. The Morgan fingerprint density at radius 3 is 2.61 bits per heavy atom. The monoisotopic (exact) mass is 394 g/mol. The first-order valence-corrected chi connectivity index (χ1v) is 9.61. The third kappa shape index (κ3) is 3.59. The summed E-state index contributed by atoms with van der Waals surface area (Å²) < 4.78 is 12.9. The Labute approximate surface area is 165 Å². The van der Waals surface area contributed by atoms with Crippen molar-refractivity contribution in [2.45, 2.75) is 26.9 Å². The fourth-order valence-electron chi connectivity index (χ4n) is 2.81. The van der Waals surface area contributed by atoms with Gasteiger partial charge in [0.25, 0.3) is 11.8 Å². The lowest BCUT2D eigenvalue weighted by atomic mass is 10.2. The van der Waals surface area contributed by atoms with Crippen LogP contribution in [0, 0.1) is 13.8 Å². The molecule has 142 valence electrons. The summed E-state index contributed by atoms with van der Waals surface area (Å²) in [5, 5.41) is 14.4. The first kappa shape index (κ1) is 18.1. The third-order valence-electron chi connectivity index (χ3n) is 4.16. The number of benzene rings is 1. The van der Waals surface area contributed by atoms with E-state index in [1.54, 1.807) is 19.1 Å². The summed E-state index contributed by atoms with van der Waals surface area (Å²) in [6.07, 6.45) is -0.649. The number of thiophene rings is 1. The molecular weight excluding hydrogens is 376 g/mol. The van der Waals surface area contributed by atoms with Crippen LogP contribution in [0.15, 0.2) is 52.3 Å². The average molecular weight is 394 g/mol. The van der Waals surface area contributed by atoms with Crippen LogP contribution in [0.5, 0.6) is 0 Å². The molecule has 1 atom stereocenters. The Morgan fingerprint density at radius 2 is 1.96 bits per heavy atom. The highest BCUT2D eigenvalue weighted by Crippen LogP contribution is 2.26. The molecule has 0 bridgehead atoms. The van der Waals surface area contributed by atoms with Gasteiger partial charge in [0, 0.05) is 5.69 Å². The number of hydrogen-bond donors (Lipinski definition) is 0. The first-order valence-electron chi connectivity index (χ1n) is 8.73. The Kier molecular flexibility index (Phi) is 4.79. The maximum Gasteiger partial charge on any atom is 0.338 e. The first-order chi connectivity index (χ1) is 13.5. The number of esters is 1. The van der Waals surface area contributed by atoms with E-state index in [9.17, 15) is 4.79 Å². The molecule has 4 aromatic rings. The maximum absolute atomic E-state index is 12.5. The highest BCUT2D eigenvalue weighted by atomic mass is 32.1. The van der Waals surface area contributed by atoms with Gasteiger partial charge in [0.05, 0.1) is 21.8 Å². The number of aromatic nitrogens is 4. The predicted octanol–water partition coefficient (Wildman–Crippen LogP) is 4.52. The van der Waals surface area contributed by atoms with Gasteiger partial charge in [-0.05, 0) is 62.5 Å². The van der Waals surface area contributed by atoms with Gasteiger partial charge in [-0.2, -0.15) is 5.10 Å². The number of carbonyl (C=O) groups is 1. The minimum Gasteiger partial charge on any atom is -0.449 e. The van der Waals surface area contributed by atoms with Crippen LogP contribution in [-0.4, -0.2) is 25.9 Å². The summed E-state index contributed by atoms with van der Waals surface area (Å²) in [6, 6.07) is 12.9. The molecule has 3 heterocycles. The minimum absolute atomic E-state index is 0.260. The summed E-state index contributed by atoms with van der Waals surface area (Å²) >= 11 is 1.50. The van der Waals surface area contributed by atoms with Gasteiger partial charge in [-0.15, -0.1) is 21.5 Å². The van der Waals surface area contributed by atoms with Crippen molar-refractivity contribution in [1.82, 2.24) is 20.0 Å². The fraction of sp³-hybridized carbons (Fsp3) is 0.200. The van der Waals surface area contributed by atoms with Crippen molar-refractivity contribution in [3.8, 4) is 16.5 Å². The van der Waals surface area contributed by atoms with Gasteiger partial charge in [-0.3, -0.25) is 0 Å². The Morgan fingerprint density at radius 1 is 1.18 bits per heavy atom. The van der Waals surface area contributed by atoms with E-state index < -0.39 is 12.1 Å². The van der Waals surface area contributed by atoms with Crippen molar-refractivity contribution in [3.63, 3.8) is 0 Å². The molecule has 0 aliphatic carbocycles. The molecular formula is C20H18N4O3S. The van der Waals surface area contributed by atoms with Gasteiger partial charge in [0.2, 0.25) is 0 Å². The quantitative estimate of drug-likeness (QED) is 0.463. The average Bonchev–Trinajstić information content (AvgIpc) is 3.42. The Hall–Kier alpha value is -3.26. The zero-order valence-corrected chi connectivity index (χ0v) is 16.4. The van der Waals surface area contributed by atoms with Crippen molar-refractivity contribution in [3.05, 3.63) is 70.7 Å². The zero-order chi connectivity index (χ0) is 19.7. The second kappa shape index (κ2) is 7.40. The molecule has 1 unspecified atom stereocenters. The summed E-state index contributed by atoms with van der Waals surface area (Å²) in [5.74, 6) is 0.224. The molecule has 0 aliphatic rings. The van der Waals surface area contributed by atoms with Crippen molar-refractivity contribution < 1.29 is 13.9 Å². The molecule has 0 fully saturated rings. The second-order valence-corrected chi connectivity index (χ2v) is 7.30. The van der Waals surface area contributed by atoms with Gasteiger partial charge in [-0.1, -0.05) is 6.07 Å². The van der Waals surface area contributed by atoms with E-state index in [0.717, 1.165) is 22.0 Å². The molecule has 0 saturated carbocycles. The predicted molar refractivity (Wildman–Crippen MR) is 104 cm³/mol. The van der Waals surface area contributed by atoms with Crippen LogP contribution in [0.4, 0.5) is 0 Å². The standard InChI is InChI=1S/C20H18N4O3S/c1-12-11-13(2)24(23-12)16-8-6-15(7-9-16)20(25)26-14(3)18-21-22-19(27-18)17-5-4-10-28-17/h4-11,14H,1-3H3. The van der Waals surface area contributed by atoms with E-state index in [1.165, 1.54) is 11.3 Å². The lowest BCUT2D eigenvalue weighted by Crippen LogP contribution is -2.10. The van der Waals surface area contributed by atoms with Crippen LogP contribution in [0.2, 0.25) is 0 Å². The van der Waals surface area contributed by atoms with Crippen molar-refractivity contribution >= 4 is 17.3 Å². The van der Waals surface area contributed by atoms with Crippen molar-refractivity contribution in [1.29, 1.82) is 0 Å². The molecule has 0 aliphatic heterocycles. The third-order valence-corrected chi connectivity index (χ3v) is 5.02. The highest BCUT2D eigenvalue weighted by molar-refractivity contribution is 7.13. The lowest BCUT2D eigenvalue weighted by molar-refractivity contribution is 0.0280. The summed E-state index contributed by atoms with van der Waals surface area (Å²) in [7, 11) is 0. The molecule has 3 aromatic heterocycles. The van der Waals surface area contributed by atoms with E-state index in [2.05, 4.69) is 15.3 Å². The number of rotatable bonds is 5. The molecule has 0 N–H and O–H groups in total. The molecule has 4 rings (SSSR count). The van der Waals surface area contributed by atoms with Gasteiger partial charge >= 0.3 is 5.97 Å². The molecule has 8 heteroatoms. The number of nitrogens with zero attached hydrogens (tertiary/aromatic N) is 4. The maximum atomic E-state index is 12.5. The number of ether oxygens (including phenoxy) is 1. The van der Waals surface area contributed by atoms with Gasteiger partial charge in [-0.25, -0.2) is 9.48 Å². The summed E-state index contributed by atoms with van der Waals surface area (Å²) in [4.78, 5) is 13.3. The molecule has 0 spiro atoms. The van der Waals surface area contributed by atoms with E-state index in [4.69, 9.17) is 9.15 Å². The van der Waals surface area contributed by atoms with Crippen LogP contribution in [0.25, 0.3) is 16.5 Å². The fourth-order valence-corrected chi connectivity index (χ4v) is 3.45. The number of carbonyl (C=O) groups excluding carboxylic acids is 1. The van der Waals surface area contributed by atoms with Crippen LogP contribution < -0.4 is 0 Å². The number of aryl methyl sites for hydroxylation is 2. The van der Waals surface area contributed by atoms with Gasteiger partial charge in [0.1, 0.15) is 0 Å². The van der Waals surface area contributed by atoms with Crippen molar-refractivity contribution in [2.75, 3.05) is 0 Å². The molecule has 28 heavy (non-hydrogen) atoms. The molecule has 0 saturated heterocycles. The Bertz CT molecular complexity index is 1100. The normalized spacial score (nSPS) is 12.1. The van der Waals surface area contributed by atoms with Crippen LogP contribution in [-0.2, 0) is 4.74 Å². The molecule has 0 amide bonds. The van der Waals surface area contributed by atoms with E-state index in [1.807, 2.05) is 54.2 Å². The van der Waals surface area contributed by atoms with Crippen molar-refractivity contribution in [2.24, 2.45) is 0 Å². The van der Waals surface area contributed by atoms with E-state index >= 15 is 0 Å². The molecule has 1 aromatic carbocycles. The van der Waals surface area contributed by atoms with Gasteiger partial charge < -0.3 is 9.15 Å². The van der Waals surface area contributed by atoms with Crippen LogP contribution in [0.3, 0.4) is 0 Å². The van der Waals surface area contributed by atoms with E-state index in [0.29, 0.717) is 11.5 Å². The number of hydrogen-bond acceptors (Lipinski definition) is 7. The van der Waals surface area contributed by atoms with Gasteiger partial charge in [0.15, 0.2) is 6.10 Å². The summed E-state index contributed by atoms with van der Waals surface area (Å²) in [5.41, 5.74) is 3.29. The topological polar surface area (TPSA) is 83.0 Å². The van der Waals surface area contributed by atoms with Crippen LogP contribution >= 0.6 is 11.3 Å². The largest absolute Gasteiger partial charge is 0.449 e. The smallest absolute Gasteiger partial charge is 0.338 e. The summed E-state index contributed by atoms with van der Waals surface area (Å²) in [6.45, 7) is 5.63. The lowest BCUT2D eigenvalue weighted by Gasteiger charge is -2.10. The van der Waals surface area contributed by atoms with E-state index in [-0.39, 0.29) is 5.89 Å². The van der Waals surface area contributed by atoms with Crippen LogP contribution in [0.1, 0.15) is 40.7 Å². The highest BCUT2D eigenvalue weighted by Gasteiger charge is 2.20. The SMILES string of the molecule is Cc1cc(C)n(-c2ccc(C(=O)OC(C)c3nnc(-c4cccs4)o3)cc2)n1. The minimum atomic E-state index is -0.649.